The fourth-order valence-corrected chi connectivity index (χ4v) is 1.85. The van der Waals surface area contributed by atoms with Gasteiger partial charge in [0.1, 0.15) is 6.42 Å². The molecule has 0 fully saturated rings. The molecule has 0 aromatic carbocycles. The molecule has 0 nitrogen and oxygen atoms in total. The molecule has 0 aliphatic rings. The highest BCUT2D eigenvalue weighted by Crippen LogP contribution is 2.22. The molecule has 106 valence electrons. The van der Waals surface area contributed by atoms with Crippen molar-refractivity contribution in [2.45, 2.75) is 57.8 Å². The van der Waals surface area contributed by atoms with Crippen LogP contribution < -0.4 is 0 Å². The Morgan fingerprint density at radius 1 is 1.05 bits per heavy atom. The average molecular weight is 258 g/mol. The summed E-state index contributed by atoms with van der Waals surface area (Å²) in [6, 6.07) is 0. The molecular weight excluding hydrogens is 228 g/mol. The number of rotatable bonds is 13. The summed E-state index contributed by atoms with van der Waals surface area (Å²) in [4.78, 5) is 0. The smallest absolute Gasteiger partial charge is 0.102 e. The highest BCUT2D eigenvalue weighted by Gasteiger charge is 2.07. The summed E-state index contributed by atoms with van der Waals surface area (Å²) in [7, 11) is 0. The molecule has 0 saturated heterocycles. The zero-order chi connectivity index (χ0) is 14.3. The van der Waals surface area contributed by atoms with Crippen LogP contribution in [0.3, 0.4) is 0 Å². The Balaban J connectivity index is 4.12. The minimum atomic E-state index is 0.894. The van der Waals surface area contributed by atoms with Gasteiger partial charge in [0, 0.05) is 19.8 Å². The molecule has 0 amide bonds. The van der Waals surface area contributed by atoms with Gasteiger partial charge in [0.05, 0.1) is 13.3 Å². The summed E-state index contributed by atoms with van der Waals surface area (Å²) in [5.74, 6) is 1.51. The zero-order valence-corrected chi connectivity index (χ0v) is 12.5. The van der Waals surface area contributed by atoms with Gasteiger partial charge in [0.2, 0.25) is 0 Å². The maximum Gasteiger partial charge on any atom is 0.102 e. The Bertz CT molecular complexity index is 192. The molecule has 0 rings (SSSR count). The third-order valence-corrected chi connectivity index (χ3v) is 3.10. The van der Waals surface area contributed by atoms with E-state index in [-0.39, 0.29) is 0 Å². The fraction of sp³-hybridized carbons (Fsp3) is 0.474. The first-order valence-corrected chi connectivity index (χ1v) is 7.41. The van der Waals surface area contributed by atoms with E-state index in [1.54, 1.807) is 0 Å². The van der Waals surface area contributed by atoms with E-state index >= 15 is 0 Å². The summed E-state index contributed by atoms with van der Waals surface area (Å²) < 4.78 is 0. The first-order valence-electron chi connectivity index (χ1n) is 7.41. The average Bonchev–Trinajstić information content (AvgIpc) is 2.44. The monoisotopic (exact) mass is 258 g/mol. The molecule has 0 heterocycles. The van der Waals surface area contributed by atoms with Crippen molar-refractivity contribution in [3.63, 3.8) is 0 Å². The second kappa shape index (κ2) is 13.6. The van der Waals surface area contributed by atoms with Gasteiger partial charge in [0.25, 0.3) is 0 Å². The summed E-state index contributed by atoms with van der Waals surface area (Å²) in [6.45, 7) is 15.6. The van der Waals surface area contributed by atoms with Crippen molar-refractivity contribution in [3.05, 3.63) is 64.5 Å². The van der Waals surface area contributed by atoms with E-state index in [2.05, 4.69) is 53.0 Å². The van der Waals surface area contributed by atoms with Crippen molar-refractivity contribution >= 4 is 0 Å². The van der Waals surface area contributed by atoms with Crippen LogP contribution in [-0.2, 0) is 0 Å². The third-order valence-electron chi connectivity index (χ3n) is 3.10. The molecule has 0 aliphatic heterocycles. The van der Waals surface area contributed by atoms with Crippen LogP contribution in [0.15, 0.2) is 11.6 Å². The van der Waals surface area contributed by atoms with Gasteiger partial charge in [-0.05, 0) is 31.8 Å². The first-order chi connectivity index (χ1) is 9.28. The predicted molar refractivity (Wildman–Crippen MR) is 87.2 cm³/mol. The van der Waals surface area contributed by atoms with Gasteiger partial charge in [-0.15, -0.1) is 12.0 Å². The quantitative estimate of drug-likeness (QED) is 0.218. The molecule has 0 aliphatic carbocycles. The Morgan fingerprint density at radius 3 is 2.16 bits per heavy atom. The van der Waals surface area contributed by atoms with Gasteiger partial charge < -0.3 is 0 Å². The maximum absolute atomic E-state index is 4.03. The molecule has 0 unspecified atom stereocenters. The van der Waals surface area contributed by atoms with E-state index in [9.17, 15) is 0 Å². The Morgan fingerprint density at radius 2 is 1.68 bits per heavy atom. The van der Waals surface area contributed by atoms with Crippen LogP contribution >= 0.6 is 0 Å². The van der Waals surface area contributed by atoms with Gasteiger partial charge in [-0.1, -0.05) is 0 Å². The molecule has 0 atom stereocenters. The lowest BCUT2D eigenvalue weighted by molar-refractivity contribution is 0.768. The van der Waals surface area contributed by atoms with E-state index < -0.39 is 0 Å². The Labute approximate surface area is 123 Å². The van der Waals surface area contributed by atoms with Crippen molar-refractivity contribution in [2.75, 3.05) is 0 Å². The van der Waals surface area contributed by atoms with Crippen LogP contribution in [0, 0.1) is 52.9 Å². The zero-order valence-electron chi connectivity index (χ0n) is 12.5. The van der Waals surface area contributed by atoms with E-state index in [4.69, 9.17) is 0 Å². The number of hydrogen-bond donors (Lipinski definition) is 0. The molecular formula is C19H30. The lowest BCUT2D eigenvalue weighted by atomic mass is 9.92. The van der Waals surface area contributed by atoms with E-state index in [1.165, 1.54) is 11.5 Å². The van der Waals surface area contributed by atoms with Crippen molar-refractivity contribution in [3.8, 4) is 0 Å². The maximum atomic E-state index is 4.03. The van der Waals surface area contributed by atoms with Gasteiger partial charge in [-0.3, -0.25) is 26.2 Å². The van der Waals surface area contributed by atoms with E-state index in [0.29, 0.717) is 0 Å². The number of allylic oxidation sites excluding steroid dienone is 2. The van der Waals surface area contributed by atoms with Crippen LogP contribution in [0.2, 0.25) is 0 Å². The normalized spacial score (nSPS) is 10.4. The fourth-order valence-electron chi connectivity index (χ4n) is 1.85. The van der Waals surface area contributed by atoms with Crippen LogP contribution in [0.25, 0.3) is 0 Å². The summed E-state index contributed by atoms with van der Waals surface area (Å²) in [5.41, 5.74) is 1.48. The molecule has 0 bridgehead atoms. The van der Waals surface area contributed by atoms with Gasteiger partial charge >= 0.3 is 0 Å². The second-order valence-corrected chi connectivity index (χ2v) is 4.76. The lowest BCUT2D eigenvalue weighted by Gasteiger charge is -2.17. The van der Waals surface area contributed by atoms with Crippen LogP contribution in [0.4, 0.5) is 0 Å². The van der Waals surface area contributed by atoms with Gasteiger partial charge in [0.15, 0.2) is 0 Å². The summed E-state index contributed by atoms with van der Waals surface area (Å²) >= 11 is 0. The Kier molecular flexibility index (Phi) is 13.1. The second-order valence-electron chi connectivity index (χ2n) is 4.76. The minimum absolute atomic E-state index is 0.894. The SMILES string of the molecule is [CH2+]C[CH-]CC(=CC[C+](C[CH2-])C[CH-]CC[CH2+])C[CH-]C[CH2+]. The molecule has 19 heavy (non-hydrogen) atoms. The largest absolute Gasteiger partial charge is 0.299 e. The number of unbranched alkanes of at least 4 members (excludes halogenated alkanes) is 4. The van der Waals surface area contributed by atoms with Crippen LogP contribution in [0.5, 0.6) is 0 Å². The molecule has 0 N–H and O–H groups in total. The molecule has 0 aromatic rings. The Hall–Kier alpha value is -0.780. The molecule has 0 heteroatoms. The van der Waals surface area contributed by atoms with Crippen molar-refractivity contribution in [1.29, 1.82) is 0 Å². The van der Waals surface area contributed by atoms with Gasteiger partial charge in [-0.25, -0.2) is 0 Å². The van der Waals surface area contributed by atoms with E-state index in [1.807, 2.05) is 0 Å². The highest BCUT2D eigenvalue weighted by molar-refractivity contribution is 5.12. The first kappa shape index (κ1) is 18.2. The third kappa shape index (κ3) is 10.8. The predicted octanol–water partition coefficient (Wildman–Crippen LogP) is 5.95. The van der Waals surface area contributed by atoms with E-state index in [0.717, 1.165) is 57.8 Å². The molecule has 0 radical (unpaired) electrons. The number of hydrogen-bond acceptors (Lipinski definition) is 0. The van der Waals surface area contributed by atoms with Crippen LogP contribution in [0.1, 0.15) is 57.8 Å². The standard InChI is InChI=1S/C19H30/c1-5-9-12-15-18(8-4)16-17-19(13-10-6-2)14-11-7-3/h10-12,17H,1-9,13-16H2. The van der Waals surface area contributed by atoms with Crippen molar-refractivity contribution in [1.82, 2.24) is 0 Å². The molecule has 0 saturated carbocycles. The summed E-state index contributed by atoms with van der Waals surface area (Å²) in [6.07, 6.45) is 18.2. The summed E-state index contributed by atoms with van der Waals surface area (Å²) in [5, 5.41) is 0. The minimum Gasteiger partial charge on any atom is -0.299 e. The van der Waals surface area contributed by atoms with Gasteiger partial charge in [-0.2, -0.15) is 12.8 Å². The lowest BCUT2D eigenvalue weighted by Crippen LogP contribution is -1.97. The topological polar surface area (TPSA) is 0 Å². The van der Waals surface area contributed by atoms with Crippen molar-refractivity contribution in [2.24, 2.45) is 0 Å². The molecule has 0 aromatic heterocycles. The van der Waals surface area contributed by atoms with Crippen molar-refractivity contribution < 1.29 is 0 Å². The molecule has 0 spiro atoms. The highest BCUT2D eigenvalue weighted by atomic mass is 14.1. The van der Waals surface area contributed by atoms with Crippen LogP contribution in [-0.4, -0.2) is 0 Å².